The fourth-order valence-electron chi connectivity index (χ4n) is 2.65. The zero-order chi connectivity index (χ0) is 19.4. The summed E-state index contributed by atoms with van der Waals surface area (Å²) < 4.78 is 24.0. The number of amides is 1. The predicted octanol–water partition coefficient (Wildman–Crippen LogP) is 4.46. The smallest absolute Gasteiger partial charge is 0.230 e. The molecule has 0 unspecified atom stereocenters. The van der Waals surface area contributed by atoms with Gasteiger partial charge in [-0.05, 0) is 36.8 Å². The molecule has 0 aliphatic rings. The van der Waals surface area contributed by atoms with E-state index < -0.39 is 5.82 Å². The second-order valence-electron chi connectivity index (χ2n) is 5.94. The minimum atomic E-state index is -0.495. The van der Waals surface area contributed by atoms with Crippen LogP contribution in [0.25, 0.3) is 11.3 Å². The van der Waals surface area contributed by atoms with Crippen LogP contribution in [0.3, 0.4) is 0 Å². The maximum Gasteiger partial charge on any atom is 0.230 e. The van der Waals surface area contributed by atoms with Crippen LogP contribution in [0.15, 0.2) is 41.8 Å². The first-order valence-electron chi connectivity index (χ1n) is 8.23. The second kappa shape index (κ2) is 8.18. The van der Waals surface area contributed by atoms with Gasteiger partial charge in [0, 0.05) is 10.9 Å². The molecule has 0 fully saturated rings. The maximum absolute atomic E-state index is 13.7. The molecular weight excluding hydrogens is 367 g/mol. The molecule has 7 heteroatoms. The summed E-state index contributed by atoms with van der Waals surface area (Å²) in [5.41, 5.74) is 3.24. The Hall–Kier alpha value is -2.93. The average Bonchev–Trinajstić information content (AvgIpc) is 3.10. The van der Waals surface area contributed by atoms with Crippen molar-refractivity contribution in [2.24, 2.45) is 0 Å². The van der Waals surface area contributed by atoms with E-state index >= 15 is 0 Å². The lowest BCUT2D eigenvalue weighted by Crippen LogP contribution is -2.14. The minimum Gasteiger partial charge on any atom is -0.496 e. The third-order valence-corrected chi connectivity index (χ3v) is 4.72. The number of hydrogen-bond acceptors (Lipinski definition) is 5. The third-order valence-electron chi connectivity index (χ3n) is 3.96. The molecule has 140 valence electrons. The fraction of sp³-hybridized carbons (Fsp3) is 0.200. The van der Waals surface area contributed by atoms with Gasteiger partial charge in [0.2, 0.25) is 5.91 Å². The van der Waals surface area contributed by atoms with E-state index in [0.29, 0.717) is 10.7 Å². The van der Waals surface area contributed by atoms with Crippen LogP contribution in [-0.4, -0.2) is 25.1 Å². The quantitative estimate of drug-likeness (QED) is 0.680. The van der Waals surface area contributed by atoms with Gasteiger partial charge >= 0.3 is 0 Å². The van der Waals surface area contributed by atoms with E-state index in [1.807, 2.05) is 30.5 Å². The molecule has 27 heavy (non-hydrogen) atoms. The van der Waals surface area contributed by atoms with E-state index in [1.165, 1.54) is 30.6 Å². The van der Waals surface area contributed by atoms with Gasteiger partial charge in [-0.1, -0.05) is 17.7 Å². The number of aromatic nitrogens is 1. The lowest BCUT2D eigenvalue weighted by Gasteiger charge is -2.07. The number of hydrogen-bond donors (Lipinski definition) is 1. The lowest BCUT2D eigenvalue weighted by atomic mass is 10.1. The molecule has 0 saturated carbocycles. The van der Waals surface area contributed by atoms with Gasteiger partial charge in [-0.15, -0.1) is 11.3 Å². The number of nitrogens with zero attached hydrogens (tertiary/aromatic N) is 1. The Morgan fingerprint density at radius 2 is 1.89 bits per heavy atom. The number of ether oxygens (including phenoxy) is 2. The first-order valence-corrected chi connectivity index (χ1v) is 9.11. The highest BCUT2D eigenvalue weighted by Gasteiger charge is 2.13. The van der Waals surface area contributed by atoms with E-state index in [9.17, 15) is 9.18 Å². The first kappa shape index (κ1) is 18.8. The number of aryl methyl sites for hydroxylation is 1. The first-order chi connectivity index (χ1) is 13.0. The van der Waals surface area contributed by atoms with Crippen LogP contribution in [0, 0.1) is 12.7 Å². The lowest BCUT2D eigenvalue weighted by molar-refractivity contribution is -0.115. The molecule has 1 amide bonds. The van der Waals surface area contributed by atoms with E-state index in [4.69, 9.17) is 9.47 Å². The van der Waals surface area contributed by atoms with Gasteiger partial charge in [-0.2, -0.15) is 0 Å². The molecule has 3 rings (SSSR count). The van der Waals surface area contributed by atoms with Crippen molar-refractivity contribution in [2.75, 3.05) is 19.5 Å². The van der Waals surface area contributed by atoms with Gasteiger partial charge in [0.25, 0.3) is 0 Å². The van der Waals surface area contributed by atoms with Crippen molar-refractivity contribution in [2.45, 2.75) is 13.3 Å². The highest BCUT2D eigenvalue weighted by molar-refractivity contribution is 7.14. The summed E-state index contributed by atoms with van der Waals surface area (Å²) in [7, 11) is 3.01. The standard InChI is InChI=1S/C20H19FN2O3S/c1-12-4-6-17(25-2)14(8-12)16-11-27-20(22-16)23-19(24)10-13-5-7-18(26-3)15(21)9-13/h4-9,11H,10H2,1-3H3,(H,22,23,24). The molecule has 0 atom stereocenters. The van der Waals surface area contributed by atoms with E-state index in [2.05, 4.69) is 10.3 Å². The van der Waals surface area contributed by atoms with Gasteiger partial charge in [-0.3, -0.25) is 4.79 Å². The molecule has 0 aliphatic carbocycles. The molecule has 1 N–H and O–H groups in total. The van der Waals surface area contributed by atoms with Crippen LogP contribution in [0.2, 0.25) is 0 Å². The molecule has 0 aliphatic heterocycles. The van der Waals surface area contributed by atoms with Gasteiger partial charge in [0.1, 0.15) is 5.75 Å². The molecule has 0 bridgehead atoms. The number of methoxy groups -OCH3 is 2. The average molecular weight is 386 g/mol. The summed E-state index contributed by atoms with van der Waals surface area (Å²) in [6.07, 6.45) is 0.0452. The van der Waals surface area contributed by atoms with Crippen LogP contribution in [0.5, 0.6) is 11.5 Å². The summed E-state index contributed by atoms with van der Waals surface area (Å²) >= 11 is 1.32. The molecule has 5 nitrogen and oxygen atoms in total. The molecule has 1 aromatic heterocycles. The highest BCUT2D eigenvalue weighted by atomic mass is 32.1. The number of nitrogens with one attached hydrogen (secondary N) is 1. The number of carbonyl (C=O) groups is 1. The summed E-state index contributed by atoms with van der Waals surface area (Å²) in [5.74, 6) is 0.107. The SMILES string of the molecule is COc1ccc(CC(=O)Nc2nc(-c3cc(C)ccc3OC)cs2)cc1F. The largest absolute Gasteiger partial charge is 0.496 e. The van der Waals surface area contributed by atoms with E-state index in [0.717, 1.165) is 22.6 Å². The molecule has 1 heterocycles. The monoisotopic (exact) mass is 386 g/mol. The zero-order valence-electron chi connectivity index (χ0n) is 15.2. The van der Waals surface area contributed by atoms with Crippen molar-refractivity contribution in [3.05, 3.63) is 58.7 Å². The molecule has 0 radical (unpaired) electrons. The van der Waals surface area contributed by atoms with E-state index in [-0.39, 0.29) is 18.1 Å². The number of halogens is 1. The van der Waals surface area contributed by atoms with Crippen LogP contribution in [-0.2, 0) is 11.2 Å². The topological polar surface area (TPSA) is 60.5 Å². The van der Waals surface area contributed by atoms with Crippen LogP contribution < -0.4 is 14.8 Å². The van der Waals surface area contributed by atoms with Gasteiger partial charge in [0.15, 0.2) is 16.7 Å². The fourth-order valence-corrected chi connectivity index (χ4v) is 3.37. The maximum atomic E-state index is 13.7. The second-order valence-corrected chi connectivity index (χ2v) is 6.79. The Labute approximate surface area is 160 Å². The van der Waals surface area contributed by atoms with Crippen molar-refractivity contribution in [1.82, 2.24) is 4.98 Å². The van der Waals surface area contributed by atoms with Gasteiger partial charge < -0.3 is 14.8 Å². The molecule has 0 saturated heterocycles. The predicted molar refractivity (Wildman–Crippen MR) is 104 cm³/mol. The van der Waals surface area contributed by atoms with Crippen LogP contribution >= 0.6 is 11.3 Å². The van der Waals surface area contributed by atoms with Crippen molar-refractivity contribution in [3.8, 4) is 22.8 Å². The molecule has 3 aromatic rings. The zero-order valence-corrected chi connectivity index (χ0v) is 16.0. The summed E-state index contributed by atoms with van der Waals surface area (Å²) in [6, 6.07) is 10.3. The Bertz CT molecular complexity index is 972. The van der Waals surface area contributed by atoms with Crippen molar-refractivity contribution < 1.29 is 18.7 Å². The van der Waals surface area contributed by atoms with Crippen LogP contribution in [0.1, 0.15) is 11.1 Å². The molecule has 2 aromatic carbocycles. The van der Waals surface area contributed by atoms with Crippen molar-refractivity contribution in [1.29, 1.82) is 0 Å². The molecule has 0 spiro atoms. The van der Waals surface area contributed by atoms with Crippen LogP contribution in [0.4, 0.5) is 9.52 Å². The number of carbonyl (C=O) groups excluding carboxylic acids is 1. The van der Waals surface area contributed by atoms with Crippen molar-refractivity contribution >= 4 is 22.4 Å². The Kier molecular flexibility index (Phi) is 5.71. The minimum absolute atomic E-state index is 0.0452. The summed E-state index contributed by atoms with van der Waals surface area (Å²) in [4.78, 5) is 16.7. The number of rotatable bonds is 6. The van der Waals surface area contributed by atoms with Gasteiger partial charge in [0.05, 0.1) is 26.3 Å². The van der Waals surface area contributed by atoms with Gasteiger partial charge in [-0.25, -0.2) is 9.37 Å². The number of thiazole rings is 1. The van der Waals surface area contributed by atoms with Crippen molar-refractivity contribution in [3.63, 3.8) is 0 Å². The summed E-state index contributed by atoms with van der Waals surface area (Å²) in [6.45, 7) is 1.99. The Morgan fingerprint density at radius 3 is 2.59 bits per heavy atom. The summed E-state index contributed by atoms with van der Waals surface area (Å²) in [5, 5.41) is 5.09. The van der Waals surface area contributed by atoms with E-state index in [1.54, 1.807) is 13.2 Å². The Morgan fingerprint density at radius 1 is 1.15 bits per heavy atom. The number of benzene rings is 2. The third kappa shape index (κ3) is 4.43. The highest BCUT2D eigenvalue weighted by Crippen LogP contribution is 2.33. The molecular formula is C20H19FN2O3S. The number of anilines is 1. The Balaban J connectivity index is 1.71. The normalized spacial score (nSPS) is 10.5.